The summed E-state index contributed by atoms with van der Waals surface area (Å²) in [6.45, 7) is 2.29. The van der Waals surface area contributed by atoms with Gasteiger partial charge in [0, 0.05) is 6.42 Å². The van der Waals surface area contributed by atoms with Crippen LogP contribution in [0.3, 0.4) is 0 Å². The number of halogens is 1. The Bertz CT molecular complexity index is 342. The molecule has 0 aliphatic carbocycles. The minimum atomic E-state index is -1.15. The van der Waals surface area contributed by atoms with Crippen LogP contribution in [0.2, 0.25) is 0 Å². The number of unbranched alkanes of at least 4 members (excludes halogenated alkanes) is 25. The van der Waals surface area contributed by atoms with Crippen LogP contribution in [0.25, 0.3) is 0 Å². The van der Waals surface area contributed by atoms with Gasteiger partial charge < -0.3 is 0 Å². The Hall–Kier alpha value is -0.400. The molecule has 0 fully saturated rings. The van der Waals surface area contributed by atoms with Crippen LogP contribution in [0.4, 0.5) is 4.39 Å². The van der Waals surface area contributed by atoms with Crippen molar-refractivity contribution in [3.8, 4) is 0 Å². The topological polar surface area (TPSA) is 17.1 Å². The fourth-order valence-corrected chi connectivity index (χ4v) is 4.58. The van der Waals surface area contributed by atoms with Crippen LogP contribution < -0.4 is 0 Å². The summed E-state index contributed by atoms with van der Waals surface area (Å²) in [5.41, 5.74) is 0. The van der Waals surface area contributed by atoms with Crippen LogP contribution in [-0.4, -0.2) is 6.04 Å². The van der Waals surface area contributed by atoms with Crippen LogP contribution in [0, 0.1) is 0 Å². The molecule has 0 radical (unpaired) electrons. The third-order valence-corrected chi connectivity index (χ3v) is 6.73. The lowest BCUT2D eigenvalue weighted by Crippen LogP contribution is -1.87. The molecule has 0 saturated carbocycles. The minimum absolute atomic E-state index is 0.124. The van der Waals surface area contributed by atoms with Gasteiger partial charge in [-0.3, -0.25) is 4.79 Å². The van der Waals surface area contributed by atoms with E-state index in [1.807, 2.05) is 0 Å². The van der Waals surface area contributed by atoms with Gasteiger partial charge in [0.1, 0.15) is 0 Å². The van der Waals surface area contributed by atoms with Crippen LogP contribution in [0.1, 0.15) is 180 Å². The average molecular weight is 441 g/mol. The van der Waals surface area contributed by atoms with Gasteiger partial charge in [-0.2, -0.15) is 4.39 Å². The van der Waals surface area contributed by atoms with Crippen LogP contribution in [-0.2, 0) is 4.79 Å². The monoisotopic (exact) mass is 440 g/mol. The highest BCUT2D eigenvalue weighted by Gasteiger charge is 1.98. The minimum Gasteiger partial charge on any atom is -0.261 e. The van der Waals surface area contributed by atoms with E-state index in [1.165, 1.54) is 148 Å². The molecule has 0 rings (SSSR count). The van der Waals surface area contributed by atoms with Crippen molar-refractivity contribution in [2.75, 3.05) is 0 Å². The Balaban J connectivity index is 3.00. The molecule has 1 nitrogen and oxygen atoms in total. The Morgan fingerprint density at radius 1 is 0.387 bits per heavy atom. The second-order valence-corrected chi connectivity index (χ2v) is 9.94. The first kappa shape index (κ1) is 30.6. The second kappa shape index (κ2) is 27.6. The average Bonchev–Trinajstić information content (AvgIpc) is 2.76. The number of rotatable bonds is 27. The van der Waals surface area contributed by atoms with E-state index in [0.717, 1.165) is 19.3 Å². The standard InChI is InChI=1S/C29H57FO/c1-2-3-4-5-6-7-8-9-10-11-12-13-14-15-16-17-18-19-20-21-22-23-24-25-26-27-28-29(30)31/h2-28H2,1H3. The Morgan fingerprint density at radius 2 is 0.581 bits per heavy atom. The highest BCUT2D eigenvalue weighted by molar-refractivity contribution is 5.67. The number of hydrogen-bond donors (Lipinski definition) is 0. The summed E-state index contributed by atoms with van der Waals surface area (Å²) in [7, 11) is 0. The smallest absolute Gasteiger partial charge is 0.261 e. The van der Waals surface area contributed by atoms with E-state index in [2.05, 4.69) is 6.92 Å². The van der Waals surface area contributed by atoms with Gasteiger partial charge in [0.05, 0.1) is 0 Å². The SMILES string of the molecule is CCCCCCCCCCCCCCCCCCCCCCCCCCCCC(=O)F. The molecule has 0 bridgehead atoms. The molecule has 31 heavy (non-hydrogen) atoms. The van der Waals surface area contributed by atoms with E-state index in [-0.39, 0.29) is 6.42 Å². The quantitative estimate of drug-likeness (QED) is 0.0916. The fourth-order valence-electron chi connectivity index (χ4n) is 4.58. The first-order chi connectivity index (χ1) is 15.3. The van der Waals surface area contributed by atoms with Gasteiger partial charge in [0.2, 0.25) is 0 Å². The molecule has 2 heteroatoms. The molecular formula is C29H57FO. The largest absolute Gasteiger partial charge is 0.301 e. The van der Waals surface area contributed by atoms with Gasteiger partial charge in [0.25, 0.3) is 0 Å². The third-order valence-electron chi connectivity index (χ3n) is 6.73. The van der Waals surface area contributed by atoms with Gasteiger partial charge in [-0.25, -0.2) is 0 Å². The second-order valence-electron chi connectivity index (χ2n) is 9.94. The summed E-state index contributed by atoms with van der Waals surface area (Å²) >= 11 is 0. The summed E-state index contributed by atoms with van der Waals surface area (Å²) in [6.07, 6.45) is 35.8. The maximum absolute atomic E-state index is 12.0. The molecule has 0 aromatic rings. The molecule has 0 aliphatic rings. The summed E-state index contributed by atoms with van der Waals surface area (Å²) < 4.78 is 12.0. The molecule has 0 heterocycles. The molecule has 186 valence electrons. The predicted octanol–water partition coefficient (Wildman–Crippen LogP) is 11.0. The van der Waals surface area contributed by atoms with Crippen molar-refractivity contribution in [2.45, 2.75) is 180 Å². The first-order valence-corrected chi connectivity index (χ1v) is 14.5. The van der Waals surface area contributed by atoms with Crippen molar-refractivity contribution in [1.82, 2.24) is 0 Å². The maximum Gasteiger partial charge on any atom is 0.301 e. The van der Waals surface area contributed by atoms with E-state index in [1.54, 1.807) is 0 Å². The highest BCUT2D eigenvalue weighted by atomic mass is 19.1. The lowest BCUT2D eigenvalue weighted by Gasteiger charge is -2.04. The van der Waals surface area contributed by atoms with E-state index in [0.29, 0.717) is 0 Å². The van der Waals surface area contributed by atoms with Gasteiger partial charge >= 0.3 is 6.04 Å². The predicted molar refractivity (Wildman–Crippen MR) is 136 cm³/mol. The maximum atomic E-state index is 12.0. The van der Waals surface area contributed by atoms with Gasteiger partial charge in [0.15, 0.2) is 0 Å². The molecule has 0 unspecified atom stereocenters. The summed E-state index contributed by atoms with van der Waals surface area (Å²) in [5, 5.41) is 0. The van der Waals surface area contributed by atoms with E-state index >= 15 is 0 Å². The highest BCUT2D eigenvalue weighted by Crippen LogP contribution is 2.16. The molecule has 0 aromatic carbocycles. The third kappa shape index (κ3) is 29.6. The van der Waals surface area contributed by atoms with Crippen molar-refractivity contribution in [1.29, 1.82) is 0 Å². The summed E-state index contributed by atoms with van der Waals surface area (Å²) in [5.74, 6) is 0. The molecule has 0 saturated heterocycles. The molecule has 0 aromatic heterocycles. The number of hydrogen-bond acceptors (Lipinski definition) is 1. The van der Waals surface area contributed by atoms with Gasteiger partial charge in [-0.1, -0.05) is 167 Å². The zero-order chi connectivity index (χ0) is 22.7. The Labute approximate surface area is 195 Å². The molecule has 0 amide bonds. The zero-order valence-electron chi connectivity index (χ0n) is 21.4. The first-order valence-electron chi connectivity index (χ1n) is 14.5. The normalized spacial score (nSPS) is 11.3. The molecule has 0 aliphatic heterocycles. The lowest BCUT2D eigenvalue weighted by atomic mass is 10.0. The summed E-state index contributed by atoms with van der Waals surface area (Å²) in [6, 6.07) is -1.15. The van der Waals surface area contributed by atoms with E-state index < -0.39 is 6.04 Å². The molecule has 0 N–H and O–H groups in total. The van der Waals surface area contributed by atoms with Crippen molar-refractivity contribution in [3.05, 3.63) is 0 Å². The Morgan fingerprint density at radius 3 is 0.774 bits per heavy atom. The van der Waals surface area contributed by atoms with Crippen molar-refractivity contribution >= 4 is 6.04 Å². The van der Waals surface area contributed by atoms with Crippen molar-refractivity contribution in [2.24, 2.45) is 0 Å². The van der Waals surface area contributed by atoms with E-state index in [9.17, 15) is 9.18 Å². The van der Waals surface area contributed by atoms with Crippen molar-refractivity contribution in [3.63, 3.8) is 0 Å². The number of carbonyl (C=O) groups is 1. The zero-order valence-corrected chi connectivity index (χ0v) is 21.4. The van der Waals surface area contributed by atoms with Crippen LogP contribution in [0.5, 0.6) is 0 Å². The molecular weight excluding hydrogens is 383 g/mol. The van der Waals surface area contributed by atoms with Crippen LogP contribution >= 0.6 is 0 Å². The van der Waals surface area contributed by atoms with Gasteiger partial charge in [-0.05, 0) is 6.42 Å². The summed E-state index contributed by atoms with van der Waals surface area (Å²) in [4.78, 5) is 10.2. The molecule has 0 spiro atoms. The lowest BCUT2D eigenvalue weighted by molar-refractivity contribution is -0.129. The van der Waals surface area contributed by atoms with Crippen LogP contribution in [0.15, 0.2) is 0 Å². The Kier molecular flexibility index (Phi) is 27.3. The fraction of sp³-hybridized carbons (Fsp3) is 0.966. The molecule has 0 atom stereocenters. The van der Waals surface area contributed by atoms with Gasteiger partial charge in [-0.15, -0.1) is 0 Å². The number of carbonyl (C=O) groups excluding carboxylic acids is 1. The van der Waals surface area contributed by atoms with E-state index in [4.69, 9.17) is 0 Å². The van der Waals surface area contributed by atoms with Crippen molar-refractivity contribution < 1.29 is 9.18 Å².